The molecule has 0 saturated heterocycles. The van der Waals surface area contributed by atoms with Gasteiger partial charge < -0.3 is 37.2 Å². The number of hydrogen-bond donors (Lipinski definition) is 0. The average molecular weight is 414 g/mol. The summed E-state index contributed by atoms with van der Waals surface area (Å²) in [5, 5.41) is 0. The van der Waals surface area contributed by atoms with Crippen LogP contribution in [0.5, 0.6) is 0 Å². The van der Waals surface area contributed by atoms with Crippen LogP contribution >= 0.6 is 0 Å². The van der Waals surface area contributed by atoms with Gasteiger partial charge in [-0.1, -0.05) is 31.0 Å². The van der Waals surface area contributed by atoms with Gasteiger partial charge in [-0.15, -0.1) is 11.6 Å². The van der Waals surface area contributed by atoms with E-state index in [0.717, 1.165) is 0 Å². The van der Waals surface area contributed by atoms with Crippen molar-refractivity contribution >= 4 is 6.08 Å². The quantitative estimate of drug-likeness (QED) is 0.293. The molecule has 2 rings (SSSR count). The molecule has 0 fully saturated rings. The third-order valence-electron chi connectivity index (χ3n) is 1.95. The van der Waals surface area contributed by atoms with Gasteiger partial charge in [-0.2, -0.15) is 5.56 Å². The zero-order valence-electron chi connectivity index (χ0n) is 7.60. The average Bonchev–Trinajstić information content (AvgIpc) is 2.34. The Morgan fingerprint density at radius 1 is 1.07 bits per heavy atom. The summed E-state index contributed by atoms with van der Waals surface area (Å²) in [5.41, 5.74) is 2.73. The van der Waals surface area contributed by atoms with E-state index in [2.05, 4.69) is 43.3 Å². The van der Waals surface area contributed by atoms with Crippen LogP contribution in [-0.4, -0.2) is 0 Å². The molecular weight excluding hydrogens is 405 g/mol. The minimum Gasteiger partial charge on any atom is -1.00 e. The maximum Gasteiger partial charge on any atom is 4.00 e. The van der Waals surface area contributed by atoms with Gasteiger partial charge in [0.25, 0.3) is 0 Å². The zero-order valence-corrected chi connectivity index (χ0v) is 13.5. The van der Waals surface area contributed by atoms with Gasteiger partial charge in [0.15, 0.2) is 0 Å². The van der Waals surface area contributed by atoms with Gasteiger partial charge in [-0.3, -0.25) is 6.08 Å². The van der Waals surface area contributed by atoms with Gasteiger partial charge in [0.05, 0.1) is 0 Å². The van der Waals surface area contributed by atoms with Crippen molar-refractivity contribution in [1.82, 2.24) is 0 Å². The largest absolute Gasteiger partial charge is 4.00 e. The van der Waals surface area contributed by atoms with Crippen molar-refractivity contribution in [3.63, 3.8) is 0 Å². The summed E-state index contributed by atoms with van der Waals surface area (Å²) >= 11 is 0. The number of rotatable bonds is 0. The molecule has 1 atom stereocenters. The first-order valence-corrected chi connectivity index (χ1v) is 3.56. The summed E-state index contributed by atoms with van der Waals surface area (Å²) in [5.74, 6) is 0.496. The molecule has 4 heteroatoms. The first-order valence-electron chi connectivity index (χ1n) is 3.56. The predicted octanol–water partition coefficient (Wildman–Crippen LogP) is -6.37. The van der Waals surface area contributed by atoms with E-state index in [1.807, 2.05) is 0 Å². The SMILES string of the molecule is CC1[C-]=Cc2ccccc21.[Cl-].[Cl-].[Cl-].[Hf+4]. The summed E-state index contributed by atoms with van der Waals surface area (Å²) in [6.45, 7) is 2.17. The number of hydrogen-bond acceptors (Lipinski definition) is 0. The Morgan fingerprint density at radius 2 is 1.64 bits per heavy atom. The van der Waals surface area contributed by atoms with Crippen molar-refractivity contribution in [2.75, 3.05) is 0 Å². The second-order valence-electron chi connectivity index (χ2n) is 2.66. The van der Waals surface area contributed by atoms with Crippen molar-refractivity contribution in [3.8, 4) is 0 Å². The Bertz CT molecular complexity index is 286. The smallest absolute Gasteiger partial charge is 1.00 e. The summed E-state index contributed by atoms with van der Waals surface area (Å²) in [6.07, 6.45) is 5.33. The van der Waals surface area contributed by atoms with E-state index in [1.165, 1.54) is 11.1 Å². The second kappa shape index (κ2) is 8.96. The minimum atomic E-state index is 0. The molecule has 1 aliphatic carbocycles. The van der Waals surface area contributed by atoms with Crippen LogP contribution in [0.4, 0.5) is 0 Å². The molecule has 0 radical (unpaired) electrons. The number of allylic oxidation sites excluding steroid dienone is 1. The molecule has 1 aromatic rings. The molecule has 0 N–H and O–H groups in total. The van der Waals surface area contributed by atoms with Crippen LogP contribution in [0.3, 0.4) is 0 Å². The van der Waals surface area contributed by atoms with Crippen LogP contribution in [-0.2, 0) is 25.8 Å². The van der Waals surface area contributed by atoms with Crippen molar-refractivity contribution in [2.45, 2.75) is 12.8 Å². The molecule has 0 aliphatic heterocycles. The van der Waals surface area contributed by atoms with Crippen LogP contribution in [0.2, 0.25) is 0 Å². The van der Waals surface area contributed by atoms with E-state index in [1.54, 1.807) is 0 Å². The van der Waals surface area contributed by atoms with Gasteiger partial charge in [0, 0.05) is 0 Å². The summed E-state index contributed by atoms with van der Waals surface area (Å²) in [6, 6.07) is 8.44. The fraction of sp³-hybridized carbons (Fsp3) is 0.200. The Balaban J connectivity index is -0.000000302. The molecule has 0 amide bonds. The van der Waals surface area contributed by atoms with Gasteiger partial charge in [-0.05, 0) is 0 Å². The van der Waals surface area contributed by atoms with Crippen LogP contribution in [0.15, 0.2) is 24.3 Å². The van der Waals surface area contributed by atoms with E-state index in [4.69, 9.17) is 0 Å². The number of halogens is 3. The Kier molecular flexibility index (Phi) is 12.9. The molecular formula is C10H9Cl3Hf. The van der Waals surface area contributed by atoms with E-state index >= 15 is 0 Å². The molecule has 0 aromatic heterocycles. The van der Waals surface area contributed by atoms with Gasteiger partial charge in [0.2, 0.25) is 0 Å². The van der Waals surface area contributed by atoms with E-state index in [-0.39, 0.29) is 63.1 Å². The van der Waals surface area contributed by atoms with Crippen LogP contribution in [0.1, 0.15) is 24.0 Å². The first-order chi connectivity index (χ1) is 4.88. The fourth-order valence-electron chi connectivity index (χ4n) is 1.34. The molecule has 0 bridgehead atoms. The topological polar surface area (TPSA) is 0 Å². The van der Waals surface area contributed by atoms with Crippen molar-refractivity contribution in [2.24, 2.45) is 0 Å². The Labute approximate surface area is 123 Å². The molecule has 1 aliphatic rings. The summed E-state index contributed by atoms with van der Waals surface area (Å²) in [7, 11) is 0. The van der Waals surface area contributed by atoms with Crippen LogP contribution in [0, 0.1) is 6.08 Å². The third kappa shape index (κ3) is 4.06. The molecule has 0 heterocycles. The molecule has 1 aromatic carbocycles. The van der Waals surface area contributed by atoms with Crippen molar-refractivity contribution in [3.05, 3.63) is 41.5 Å². The standard InChI is InChI=1S/C10H9.3ClH.Hf/c1-8-6-7-9-4-2-3-5-10(8)9;;;;/h2-5,7-8H,1H3;3*1H;/q-1;;;;+4/p-3. The summed E-state index contributed by atoms with van der Waals surface area (Å²) < 4.78 is 0. The van der Waals surface area contributed by atoms with Crippen molar-refractivity contribution < 1.29 is 63.1 Å². The Hall–Kier alpha value is 0.700. The second-order valence-corrected chi connectivity index (χ2v) is 2.66. The van der Waals surface area contributed by atoms with Crippen molar-refractivity contribution in [1.29, 1.82) is 0 Å². The zero-order chi connectivity index (χ0) is 6.97. The molecule has 0 spiro atoms. The fourth-order valence-corrected chi connectivity index (χ4v) is 1.34. The van der Waals surface area contributed by atoms with E-state index in [0.29, 0.717) is 5.92 Å². The Morgan fingerprint density at radius 3 is 2.21 bits per heavy atom. The molecule has 0 saturated carbocycles. The summed E-state index contributed by atoms with van der Waals surface area (Å²) in [4.78, 5) is 0. The van der Waals surface area contributed by atoms with Crippen LogP contribution < -0.4 is 37.2 Å². The first kappa shape index (κ1) is 20.2. The minimum absolute atomic E-state index is 0. The van der Waals surface area contributed by atoms with E-state index < -0.39 is 0 Å². The van der Waals surface area contributed by atoms with Gasteiger partial charge in [0.1, 0.15) is 0 Å². The normalized spacial score (nSPS) is 15.1. The number of benzene rings is 1. The van der Waals surface area contributed by atoms with E-state index in [9.17, 15) is 0 Å². The van der Waals surface area contributed by atoms with Gasteiger partial charge >= 0.3 is 25.8 Å². The maximum absolute atomic E-state index is 3.26. The molecule has 1 unspecified atom stereocenters. The van der Waals surface area contributed by atoms with Gasteiger partial charge in [-0.25, -0.2) is 6.08 Å². The monoisotopic (exact) mass is 414 g/mol. The molecule has 74 valence electrons. The predicted molar refractivity (Wildman–Crippen MR) is 42.6 cm³/mol. The number of fused-ring (bicyclic) bond motifs is 1. The van der Waals surface area contributed by atoms with Crippen LogP contribution in [0.25, 0.3) is 6.08 Å². The maximum atomic E-state index is 3.26. The third-order valence-corrected chi connectivity index (χ3v) is 1.95. The molecule has 0 nitrogen and oxygen atoms in total. The molecule has 14 heavy (non-hydrogen) atoms.